The number of thioether (sulfide) groups is 1. The number of nitrogens with two attached hydrogens (primary N) is 1. The Morgan fingerprint density at radius 1 is 0.969 bits per heavy atom. The van der Waals surface area contributed by atoms with Crippen molar-refractivity contribution in [3.05, 3.63) is 95.1 Å². The summed E-state index contributed by atoms with van der Waals surface area (Å²) in [6.07, 6.45) is 5.13. The van der Waals surface area contributed by atoms with E-state index in [1.165, 1.54) is 9.80 Å². The maximum atomic E-state index is 14.1. The number of nitrogens with zero attached hydrogens (tertiary/aromatic N) is 3. The first-order valence-electron chi connectivity index (χ1n) is 22.6. The SMILES string of the molecule is Cc1cc(S(N)(=O)=O)ccc1N[C@H](CCN(C)CCCCCCCC(=O)N[C@H](C(=O)N1C[C@H](O)C[C@H]1C(=O)N[C@@H](C)c1ccc(-c2scnc2C)cc1)C(C)(C)C)CSc1ccccc1. The molecule has 13 nitrogen and oxygen atoms in total. The standard InChI is InChI=1S/C49H69N7O6S3/c1-33-28-41(65(50,61)62)23-24-42(33)53-38(31-63-40-16-12-11-13-17-40)25-27-55(7)26-15-10-8-9-14-18-44(58)54-46(49(4,5)6)48(60)56-30-39(57)29-43(56)47(59)52-34(2)36-19-21-37(22-20-36)45-35(3)51-32-64-45/h11-13,16-17,19-24,28,32,34,38-39,43,46,53,57H,8-10,14-15,18,25-27,29-31H2,1-7H3,(H,52,59)(H,54,58)(H2,50,61,62)/t34-,38+,39+,43-,46+/m0/s1. The number of anilines is 1. The molecule has 6 N–H and O–H groups in total. The monoisotopic (exact) mass is 947 g/mol. The molecule has 1 fully saturated rings. The average molecular weight is 948 g/mol. The summed E-state index contributed by atoms with van der Waals surface area (Å²) in [4.78, 5) is 51.6. The summed E-state index contributed by atoms with van der Waals surface area (Å²) >= 11 is 3.37. The molecule has 1 aliphatic heterocycles. The summed E-state index contributed by atoms with van der Waals surface area (Å²) in [6.45, 7) is 13.3. The zero-order valence-electron chi connectivity index (χ0n) is 39.0. The fourth-order valence-corrected chi connectivity index (χ4v) is 10.4. The van der Waals surface area contributed by atoms with Crippen LogP contribution in [0.15, 0.2) is 88.1 Å². The number of unbranched alkanes of at least 4 members (excludes halogenated alkanes) is 4. The zero-order chi connectivity index (χ0) is 47.3. The molecule has 0 bridgehead atoms. The fourth-order valence-electron chi connectivity index (χ4n) is 8.04. The van der Waals surface area contributed by atoms with Crippen LogP contribution in [0.2, 0.25) is 0 Å². The summed E-state index contributed by atoms with van der Waals surface area (Å²) in [5.74, 6) is -0.0592. The molecule has 1 aliphatic rings. The van der Waals surface area contributed by atoms with Crippen LogP contribution in [0.5, 0.6) is 0 Å². The molecule has 0 radical (unpaired) electrons. The second-order valence-corrected chi connectivity index (χ2v) is 22.0. The van der Waals surface area contributed by atoms with E-state index < -0.39 is 33.6 Å². The molecule has 5 rings (SSSR count). The lowest BCUT2D eigenvalue weighted by molar-refractivity contribution is -0.144. The molecular weight excluding hydrogens is 879 g/mol. The van der Waals surface area contributed by atoms with Gasteiger partial charge >= 0.3 is 0 Å². The van der Waals surface area contributed by atoms with Crippen LogP contribution in [0.4, 0.5) is 5.69 Å². The lowest BCUT2D eigenvalue weighted by Gasteiger charge is -2.35. The van der Waals surface area contributed by atoms with E-state index in [0.717, 1.165) is 83.9 Å². The second-order valence-electron chi connectivity index (χ2n) is 18.5. The van der Waals surface area contributed by atoms with Crippen LogP contribution in [0.25, 0.3) is 10.4 Å². The van der Waals surface area contributed by atoms with Crippen molar-refractivity contribution in [2.24, 2.45) is 10.6 Å². The smallest absolute Gasteiger partial charge is 0.246 e. The number of amides is 3. The van der Waals surface area contributed by atoms with Gasteiger partial charge in [0.05, 0.1) is 33.1 Å². The van der Waals surface area contributed by atoms with E-state index in [2.05, 4.69) is 45.0 Å². The van der Waals surface area contributed by atoms with Crippen LogP contribution in [0.1, 0.15) is 102 Å². The molecule has 65 heavy (non-hydrogen) atoms. The van der Waals surface area contributed by atoms with Crippen LogP contribution in [0.3, 0.4) is 0 Å². The Morgan fingerprint density at radius 3 is 2.31 bits per heavy atom. The zero-order valence-corrected chi connectivity index (χ0v) is 41.5. The number of aliphatic hydroxyl groups is 1. The fraction of sp³-hybridized carbons (Fsp3) is 0.510. The van der Waals surface area contributed by atoms with E-state index in [4.69, 9.17) is 5.14 Å². The summed E-state index contributed by atoms with van der Waals surface area (Å²) < 4.78 is 23.8. The summed E-state index contributed by atoms with van der Waals surface area (Å²) in [6, 6.07) is 21.3. The van der Waals surface area contributed by atoms with Gasteiger partial charge in [0, 0.05) is 41.8 Å². The van der Waals surface area contributed by atoms with E-state index in [9.17, 15) is 27.9 Å². The number of likely N-dealkylation sites (tertiary alicyclic amines) is 1. The Kier molecular flexibility index (Phi) is 19.0. The van der Waals surface area contributed by atoms with Gasteiger partial charge in [-0.15, -0.1) is 23.1 Å². The van der Waals surface area contributed by atoms with Crippen molar-refractivity contribution < 1.29 is 27.9 Å². The van der Waals surface area contributed by atoms with Gasteiger partial charge in [0.25, 0.3) is 0 Å². The highest BCUT2D eigenvalue weighted by atomic mass is 32.2. The molecule has 2 heterocycles. The highest BCUT2D eigenvalue weighted by Crippen LogP contribution is 2.30. The Hall–Kier alpha value is -4.32. The number of carbonyl (C=O) groups excluding carboxylic acids is 3. The first-order valence-corrected chi connectivity index (χ1v) is 26.1. The lowest BCUT2D eigenvalue weighted by Crippen LogP contribution is -2.57. The molecule has 0 unspecified atom stereocenters. The van der Waals surface area contributed by atoms with Crippen molar-refractivity contribution in [1.29, 1.82) is 0 Å². The van der Waals surface area contributed by atoms with Gasteiger partial charge in [-0.2, -0.15) is 0 Å². The number of aromatic nitrogens is 1. The van der Waals surface area contributed by atoms with Crippen LogP contribution in [-0.2, 0) is 24.4 Å². The predicted octanol–water partition coefficient (Wildman–Crippen LogP) is 7.68. The normalized spacial score (nSPS) is 16.9. The molecule has 0 aliphatic carbocycles. The molecule has 3 aromatic carbocycles. The van der Waals surface area contributed by atoms with E-state index in [-0.39, 0.29) is 47.7 Å². The number of sulfonamides is 1. The molecular formula is C49H69N7O6S3. The summed E-state index contributed by atoms with van der Waals surface area (Å²) in [7, 11) is -1.65. The van der Waals surface area contributed by atoms with E-state index in [1.807, 2.05) is 89.5 Å². The van der Waals surface area contributed by atoms with Gasteiger partial charge in [-0.1, -0.05) is 82.5 Å². The average Bonchev–Trinajstić information content (AvgIpc) is 3.88. The molecule has 4 aromatic rings. The molecule has 354 valence electrons. The quantitative estimate of drug-likeness (QED) is 0.0365. The second kappa shape index (κ2) is 23.9. The molecule has 1 saturated heterocycles. The topological polar surface area (TPSA) is 187 Å². The van der Waals surface area contributed by atoms with Gasteiger partial charge in [0.15, 0.2) is 0 Å². The number of nitrogens with one attached hydrogen (secondary N) is 3. The number of benzene rings is 3. The molecule has 3 amide bonds. The lowest BCUT2D eigenvalue weighted by atomic mass is 9.85. The van der Waals surface area contributed by atoms with Gasteiger partial charge < -0.3 is 30.9 Å². The van der Waals surface area contributed by atoms with Crippen LogP contribution in [0, 0.1) is 19.3 Å². The van der Waals surface area contributed by atoms with Crippen LogP contribution >= 0.6 is 23.1 Å². The predicted molar refractivity (Wildman–Crippen MR) is 263 cm³/mol. The van der Waals surface area contributed by atoms with Crippen LogP contribution < -0.4 is 21.1 Å². The minimum absolute atomic E-state index is 0.0240. The third-order valence-corrected chi connectivity index (χ3v) is 15.0. The van der Waals surface area contributed by atoms with Crippen LogP contribution in [-0.4, -0.2) is 103 Å². The molecule has 0 saturated carbocycles. The van der Waals surface area contributed by atoms with Crippen molar-refractivity contribution in [3.63, 3.8) is 0 Å². The number of hydrogen-bond acceptors (Lipinski definition) is 11. The van der Waals surface area contributed by atoms with Crippen molar-refractivity contribution in [1.82, 2.24) is 25.4 Å². The summed E-state index contributed by atoms with van der Waals surface area (Å²) in [5.41, 5.74) is 5.86. The molecule has 5 atom stereocenters. The number of β-amino-alcohol motifs (C(OH)–C–C–N with tert-alkyl or cyclic N) is 1. The van der Waals surface area contributed by atoms with Crippen molar-refractivity contribution in [3.8, 4) is 10.4 Å². The highest BCUT2D eigenvalue weighted by Gasteiger charge is 2.44. The first-order chi connectivity index (χ1) is 30.8. The van der Waals surface area contributed by atoms with E-state index in [0.29, 0.717) is 12.8 Å². The summed E-state index contributed by atoms with van der Waals surface area (Å²) in [5, 5.41) is 25.7. The van der Waals surface area contributed by atoms with Crippen molar-refractivity contribution >= 4 is 56.5 Å². The van der Waals surface area contributed by atoms with Gasteiger partial charge in [-0.3, -0.25) is 14.4 Å². The third-order valence-electron chi connectivity index (χ3n) is 11.9. The minimum atomic E-state index is -3.78. The van der Waals surface area contributed by atoms with Crippen molar-refractivity contribution in [2.75, 3.05) is 37.8 Å². The number of aliphatic hydroxyl groups excluding tert-OH is 1. The van der Waals surface area contributed by atoms with E-state index in [1.54, 1.807) is 41.3 Å². The van der Waals surface area contributed by atoms with Crippen molar-refractivity contribution in [2.45, 2.75) is 133 Å². The van der Waals surface area contributed by atoms with Gasteiger partial charge in [-0.05, 0) is 113 Å². The highest BCUT2D eigenvalue weighted by molar-refractivity contribution is 7.99. The third kappa shape index (κ3) is 15.6. The Morgan fingerprint density at radius 2 is 1.66 bits per heavy atom. The number of rotatable bonds is 23. The first kappa shape index (κ1) is 51.7. The van der Waals surface area contributed by atoms with E-state index >= 15 is 0 Å². The maximum Gasteiger partial charge on any atom is 0.246 e. The molecule has 16 heteroatoms. The Labute approximate surface area is 394 Å². The van der Waals surface area contributed by atoms with Gasteiger partial charge in [0.1, 0.15) is 12.1 Å². The maximum absolute atomic E-state index is 14.1. The number of aryl methyl sites for hydroxylation is 2. The molecule has 1 aromatic heterocycles. The Balaban J connectivity index is 1.03. The number of hydrogen-bond donors (Lipinski definition) is 5. The van der Waals surface area contributed by atoms with Gasteiger partial charge in [-0.25, -0.2) is 18.5 Å². The number of primary sulfonamides is 1. The minimum Gasteiger partial charge on any atom is -0.391 e. The van der Waals surface area contributed by atoms with Gasteiger partial charge in [0.2, 0.25) is 27.7 Å². The Bertz CT molecular complexity index is 2280. The molecule has 0 spiro atoms. The largest absolute Gasteiger partial charge is 0.391 e. The number of thiazole rings is 1. The number of carbonyl (C=O) groups is 3.